The third-order valence-electron chi connectivity index (χ3n) is 4.07. The molecular weight excluding hydrogens is 276 g/mol. The van der Waals surface area contributed by atoms with Gasteiger partial charge in [0, 0.05) is 60.6 Å². The highest BCUT2D eigenvalue weighted by Gasteiger charge is 2.14. The molecule has 0 unspecified atom stereocenters. The molecule has 0 spiro atoms. The Bertz CT molecular complexity index is 763. The van der Waals surface area contributed by atoms with Gasteiger partial charge in [0.1, 0.15) is 5.82 Å². The first kappa shape index (κ1) is 13.3. The van der Waals surface area contributed by atoms with Crippen molar-refractivity contribution in [3.63, 3.8) is 0 Å². The van der Waals surface area contributed by atoms with E-state index in [1.54, 1.807) is 12.4 Å². The van der Waals surface area contributed by atoms with E-state index in [-0.39, 0.29) is 0 Å². The van der Waals surface area contributed by atoms with Crippen LogP contribution in [0.25, 0.3) is 22.2 Å². The molecule has 0 atom stereocenters. The first-order valence-corrected chi connectivity index (χ1v) is 7.62. The molecule has 3 aromatic heterocycles. The van der Waals surface area contributed by atoms with Crippen LogP contribution in [0.5, 0.6) is 0 Å². The quantitative estimate of drug-likeness (QED) is 0.778. The van der Waals surface area contributed by atoms with Gasteiger partial charge in [0.25, 0.3) is 0 Å². The molecule has 112 valence electrons. The minimum Gasteiger partial charge on any atom is -0.381 e. The van der Waals surface area contributed by atoms with Gasteiger partial charge in [0.2, 0.25) is 0 Å². The normalized spacial score (nSPS) is 16.0. The van der Waals surface area contributed by atoms with E-state index < -0.39 is 0 Å². The van der Waals surface area contributed by atoms with Crippen LogP contribution in [-0.2, 0) is 4.74 Å². The van der Waals surface area contributed by atoms with Gasteiger partial charge in [-0.15, -0.1) is 0 Å². The molecule has 1 saturated heterocycles. The van der Waals surface area contributed by atoms with Gasteiger partial charge in [-0.05, 0) is 31.0 Å². The number of rotatable bonds is 3. The number of anilines is 1. The summed E-state index contributed by atoms with van der Waals surface area (Å²) in [6, 6.07) is 8.65. The number of aromatic nitrogens is 3. The zero-order valence-electron chi connectivity index (χ0n) is 12.2. The van der Waals surface area contributed by atoms with Crippen LogP contribution in [0.2, 0.25) is 0 Å². The molecule has 5 nitrogen and oxygen atoms in total. The Morgan fingerprint density at radius 3 is 2.77 bits per heavy atom. The summed E-state index contributed by atoms with van der Waals surface area (Å²) in [5, 5.41) is 4.62. The monoisotopic (exact) mass is 294 g/mol. The Labute approximate surface area is 128 Å². The lowest BCUT2D eigenvalue weighted by Gasteiger charge is -2.23. The molecule has 1 fully saturated rings. The van der Waals surface area contributed by atoms with Crippen molar-refractivity contribution in [1.82, 2.24) is 15.0 Å². The van der Waals surface area contributed by atoms with Crippen LogP contribution in [-0.4, -0.2) is 34.2 Å². The number of aromatic amines is 1. The third-order valence-corrected chi connectivity index (χ3v) is 4.07. The van der Waals surface area contributed by atoms with Crippen molar-refractivity contribution in [2.24, 2.45) is 0 Å². The van der Waals surface area contributed by atoms with Gasteiger partial charge in [-0.2, -0.15) is 0 Å². The van der Waals surface area contributed by atoms with Crippen LogP contribution in [0.4, 0.5) is 5.82 Å². The summed E-state index contributed by atoms with van der Waals surface area (Å²) in [5.41, 5.74) is 3.31. The lowest BCUT2D eigenvalue weighted by atomic mass is 10.1. The fourth-order valence-electron chi connectivity index (χ4n) is 2.84. The van der Waals surface area contributed by atoms with Crippen LogP contribution < -0.4 is 5.32 Å². The van der Waals surface area contributed by atoms with Crippen molar-refractivity contribution in [2.75, 3.05) is 18.5 Å². The van der Waals surface area contributed by atoms with Crippen LogP contribution >= 0.6 is 0 Å². The Morgan fingerprint density at radius 1 is 1.14 bits per heavy atom. The van der Waals surface area contributed by atoms with Crippen LogP contribution in [0.3, 0.4) is 0 Å². The second-order valence-electron chi connectivity index (χ2n) is 5.61. The van der Waals surface area contributed by atoms with Crippen LogP contribution in [0, 0.1) is 0 Å². The van der Waals surface area contributed by atoms with E-state index in [4.69, 9.17) is 4.74 Å². The van der Waals surface area contributed by atoms with Gasteiger partial charge in [0.05, 0.1) is 5.52 Å². The number of hydrogen-bond donors (Lipinski definition) is 2. The van der Waals surface area contributed by atoms with E-state index in [1.165, 1.54) is 0 Å². The molecule has 0 saturated carbocycles. The van der Waals surface area contributed by atoms with E-state index in [9.17, 15) is 0 Å². The molecule has 2 N–H and O–H groups in total. The number of nitrogens with zero attached hydrogens (tertiary/aromatic N) is 2. The van der Waals surface area contributed by atoms with Crippen LogP contribution in [0.15, 0.2) is 42.9 Å². The molecule has 0 radical (unpaired) electrons. The molecule has 0 amide bonds. The molecular formula is C17H18N4O. The van der Waals surface area contributed by atoms with Gasteiger partial charge in [0.15, 0.2) is 0 Å². The predicted molar refractivity (Wildman–Crippen MR) is 86.8 cm³/mol. The van der Waals surface area contributed by atoms with Crippen LogP contribution in [0.1, 0.15) is 12.8 Å². The van der Waals surface area contributed by atoms with Crippen molar-refractivity contribution >= 4 is 16.7 Å². The zero-order valence-corrected chi connectivity index (χ0v) is 12.2. The number of fused-ring (bicyclic) bond motifs is 1. The van der Waals surface area contributed by atoms with Crippen molar-refractivity contribution in [2.45, 2.75) is 18.9 Å². The minimum atomic E-state index is 0.452. The molecule has 5 heteroatoms. The van der Waals surface area contributed by atoms with Crippen molar-refractivity contribution in [3.05, 3.63) is 42.9 Å². The lowest BCUT2D eigenvalue weighted by Crippen LogP contribution is -2.28. The Hall–Kier alpha value is -2.40. The largest absolute Gasteiger partial charge is 0.381 e. The summed E-state index contributed by atoms with van der Waals surface area (Å²) in [5.74, 6) is 0.919. The maximum absolute atomic E-state index is 5.39. The number of H-pyrrole nitrogens is 1. The molecule has 0 aromatic carbocycles. The first-order valence-electron chi connectivity index (χ1n) is 7.62. The zero-order chi connectivity index (χ0) is 14.8. The van der Waals surface area contributed by atoms with E-state index in [0.29, 0.717) is 6.04 Å². The Morgan fingerprint density at radius 2 is 1.95 bits per heavy atom. The summed E-state index contributed by atoms with van der Waals surface area (Å²) in [4.78, 5) is 12.0. The topological polar surface area (TPSA) is 62.8 Å². The molecule has 0 aliphatic carbocycles. The molecule has 22 heavy (non-hydrogen) atoms. The minimum absolute atomic E-state index is 0.452. The highest BCUT2D eigenvalue weighted by molar-refractivity contribution is 5.86. The fraction of sp³-hybridized carbons (Fsp3) is 0.294. The molecule has 0 bridgehead atoms. The summed E-state index contributed by atoms with van der Waals surface area (Å²) in [6.45, 7) is 1.66. The van der Waals surface area contributed by atoms with E-state index in [2.05, 4.69) is 32.4 Å². The van der Waals surface area contributed by atoms with E-state index in [0.717, 1.165) is 54.0 Å². The smallest absolute Gasteiger partial charge is 0.128 e. The number of nitrogens with one attached hydrogen (secondary N) is 2. The second kappa shape index (κ2) is 5.77. The van der Waals surface area contributed by atoms with Crippen molar-refractivity contribution in [1.29, 1.82) is 0 Å². The Kier molecular flexibility index (Phi) is 3.48. The fourth-order valence-corrected chi connectivity index (χ4v) is 2.84. The van der Waals surface area contributed by atoms with E-state index >= 15 is 0 Å². The lowest BCUT2D eigenvalue weighted by molar-refractivity contribution is 0.0904. The average molecular weight is 294 g/mol. The summed E-state index contributed by atoms with van der Waals surface area (Å²) in [7, 11) is 0. The summed E-state index contributed by atoms with van der Waals surface area (Å²) >= 11 is 0. The molecule has 4 rings (SSSR count). The third kappa shape index (κ3) is 2.67. The first-order chi connectivity index (χ1) is 10.9. The summed E-state index contributed by atoms with van der Waals surface area (Å²) < 4.78 is 5.39. The number of ether oxygens (including phenoxy) is 1. The number of pyridine rings is 2. The highest BCUT2D eigenvalue weighted by atomic mass is 16.5. The highest BCUT2D eigenvalue weighted by Crippen LogP contribution is 2.25. The standard InChI is InChI=1S/C17H18N4O/c1-5-18-6-2-12(1)15-9-13-11-19-17(10-16(13)21-15)20-14-3-7-22-8-4-14/h1-2,5-6,9-11,14,21H,3-4,7-8H2,(H,19,20). The molecule has 1 aliphatic heterocycles. The van der Waals surface area contributed by atoms with Gasteiger partial charge in [-0.25, -0.2) is 4.98 Å². The Balaban J connectivity index is 1.60. The van der Waals surface area contributed by atoms with Crippen molar-refractivity contribution < 1.29 is 4.74 Å². The van der Waals surface area contributed by atoms with Gasteiger partial charge in [-0.1, -0.05) is 0 Å². The predicted octanol–water partition coefficient (Wildman–Crippen LogP) is 3.22. The number of hydrogen-bond acceptors (Lipinski definition) is 4. The van der Waals surface area contributed by atoms with Gasteiger partial charge < -0.3 is 15.0 Å². The molecule has 1 aliphatic rings. The van der Waals surface area contributed by atoms with Crippen molar-refractivity contribution in [3.8, 4) is 11.3 Å². The second-order valence-corrected chi connectivity index (χ2v) is 5.61. The van der Waals surface area contributed by atoms with E-state index in [1.807, 2.05) is 18.3 Å². The van der Waals surface area contributed by atoms with Gasteiger partial charge >= 0.3 is 0 Å². The average Bonchev–Trinajstić information content (AvgIpc) is 3.00. The maximum atomic E-state index is 5.39. The molecule has 4 heterocycles. The SMILES string of the molecule is c1cc(-c2cc3cnc(NC4CCOCC4)cc3[nH]2)ccn1. The maximum Gasteiger partial charge on any atom is 0.128 e. The van der Waals surface area contributed by atoms with Gasteiger partial charge in [-0.3, -0.25) is 4.98 Å². The molecule has 3 aromatic rings. The summed E-state index contributed by atoms with van der Waals surface area (Å²) in [6.07, 6.45) is 7.59.